The van der Waals surface area contributed by atoms with E-state index in [-0.39, 0.29) is 6.03 Å². The molecule has 0 saturated carbocycles. The van der Waals surface area contributed by atoms with Crippen LogP contribution in [-0.4, -0.2) is 22.9 Å². The first kappa shape index (κ1) is 10.2. The molecule has 1 heterocycles. The van der Waals surface area contributed by atoms with Crippen LogP contribution in [0.1, 0.15) is 0 Å². The van der Waals surface area contributed by atoms with Crippen molar-refractivity contribution in [2.24, 2.45) is 0 Å². The zero-order valence-electron chi connectivity index (χ0n) is 8.75. The normalized spacial score (nSPS) is 9.81. The lowest BCUT2D eigenvalue weighted by Gasteiger charge is -2.09. The van der Waals surface area contributed by atoms with Gasteiger partial charge in [0.05, 0.1) is 12.8 Å². The van der Waals surface area contributed by atoms with Gasteiger partial charge in [0.2, 0.25) is 0 Å². The Labute approximate surface area is 92.7 Å². The standard InChI is InChI=1S/C11H11N3O2/c1-16-10-6-3-2-5-9(10)13-11(15)14-8-4-7-12-14/h2-8H,1H3,(H,13,15). The number of ether oxygens (including phenoxy) is 1. The van der Waals surface area contributed by atoms with Gasteiger partial charge in [-0.3, -0.25) is 0 Å². The maximum atomic E-state index is 11.7. The Morgan fingerprint density at radius 2 is 2.19 bits per heavy atom. The molecule has 0 unspecified atom stereocenters. The van der Waals surface area contributed by atoms with Crippen molar-refractivity contribution in [1.29, 1.82) is 0 Å². The van der Waals surface area contributed by atoms with Crippen LogP contribution in [-0.2, 0) is 0 Å². The smallest absolute Gasteiger partial charge is 0.346 e. The number of aromatic nitrogens is 2. The fourth-order valence-corrected chi connectivity index (χ4v) is 1.31. The van der Waals surface area contributed by atoms with Gasteiger partial charge in [0.1, 0.15) is 5.75 Å². The highest BCUT2D eigenvalue weighted by molar-refractivity contribution is 5.91. The van der Waals surface area contributed by atoms with Gasteiger partial charge in [-0.1, -0.05) is 12.1 Å². The molecule has 1 amide bonds. The molecule has 5 heteroatoms. The van der Waals surface area contributed by atoms with E-state index in [1.54, 1.807) is 37.7 Å². The fourth-order valence-electron chi connectivity index (χ4n) is 1.31. The third-order valence-corrected chi connectivity index (χ3v) is 2.06. The number of methoxy groups -OCH3 is 1. The molecule has 82 valence electrons. The van der Waals surface area contributed by atoms with Gasteiger partial charge in [0.25, 0.3) is 0 Å². The number of hydrogen-bond acceptors (Lipinski definition) is 3. The summed E-state index contributed by atoms with van der Waals surface area (Å²) in [6, 6.07) is 8.55. The van der Waals surface area contributed by atoms with Crippen molar-refractivity contribution < 1.29 is 9.53 Å². The minimum atomic E-state index is -0.325. The van der Waals surface area contributed by atoms with Gasteiger partial charge in [-0.25, -0.2) is 4.79 Å². The molecule has 0 saturated heterocycles. The van der Waals surface area contributed by atoms with E-state index in [1.807, 2.05) is 12.1 Å². The van der Waals surface area contributed by atoms with Gasteiger partial charge in [-0.15, -0.1) is 0 Å². The number of nitrogens with one attached hydrogen (secondary N) is 1. The summed E-state index contributed by atoms with van der Waals surface area (Å²) in [6.07, 6.45) is 3.12. The highest BCUT2D eigenvalue weighted by Gasteiger charge is 2.07. The van der Waals surface area contributed by atoms with Gasteiger partial charge in [-0.2, -0.15) is 9.78 Å². The van der Waals surface area contributed by atoms with E-state index < -0.39 is 0 Å². The molecule has 2 rings (SSSR count). The molecule has 1 aromatic carbocycles. The second kappa shape index (κ2) is 4.48. The molecule has 0 aliphatic heterocycles. The van der Waals surface area contributed by atoms with Gasteiger partial charge in [-0.05, 0) is 18.2 Å². The van der Waals surface area contributed by atoms with E-state index in [0.29, 0.717) is 11.4 Å². The van der Waals surface area contributed by atoms with Crippen molar-refractivity contribution >= 4 is 11.7 Å². The number of benzene rings is 1. The molecule has 16 heavy (non-hydrogen) atoms. The van der Waals surface area contributed by atoms with Crippen molar-refractivity contribution in [2.75, 3.05) is 12.4 Å². The number of nitrogens with zero attached hydrogens (tertiary/aromatic N) is 2. The van der Waals surface area contributed by atoms with Crippen LogP contribution >= 0.6 is 0 Å². The zero-order chi connectivity index (χ0) is 11.4. The van der Waals surface area contributed by atoms with E-state index in [1.165, 1.54) is 4.68 Å². The van der Waals surface area contributed by atoms with E-state index in [0.717, 1.165) is 0 Å². The summed E-state index contributed by atoms with van der Waals surface area (Å²) in [4.78, 5) is 11.7. The molecule has 0 spiro atoms. The highest BCUT2D eigenvalue weighted by atomic mass is 16.5. The maximum absolute atomic E-state index is 11.7. The number of amides is 1. The van der Waals surface area contributed by atoms with E-state index >= 15 is 0 Å². The van der Waals surface area contributed by atoms with Gasteiger partial charge >= 0.3 is 6.03 Å². The minimum absolute atomic E-state index is 0.325. The number of para-hydroxylation sites is 2. The van der Waals surface area contributed by atoms with Crippen molar-refractivity contribution in [2.45, 2.75) is 0 Å². The quantitative estimate of drug-likeness (QED) is 0.836. The summed E-state index contributed by atoms with van der Waals surface area (Å²) in [5.41, 5.74) is 0.616. The van der Waals surface area contributed by atoms with Crippen molar-refractivity contribution in [1.82, 2.24) is 9.78 Å². The van der Waals surface area contributed by atoms with Crippen LogP contribution in [0.25, 0.3) is 0 Å². The van der Waals surface area contributed by atoms with Crippen LogP contribution in [0.2, 0.25) is 0 Å². The van der Waals surface area contributed by atoms with E-state index in [9.17, 15) is 4.79 Å². The highest BCUT2D eigenvalue weighted by Crippen LogP contribution is 2.22. The topological polar surface area (TPSA) is 56.1 Å². The van der Waals surface area contributed by atoms with Crippen LogP contribution in [0.5, 0.6) is 5.75 Å². The third-order valence-electron chi connectivity index (χ3n) is 2.06. The number of rotatable bonds is 2. The van der Waals surface area contributed by atoms with E-state index in [2.05, 4.69) is 10.4 Å². The summed E-state index contributed by atoms with van der Waals surface area (Å²) < 4.78 is 6.33. The predicted octanol–water partition coefficient (Wildman–Crippen LogP) is 1.97. The third kappa shape index (κ3) is 2.03. The first-order valence-corrected chi connectivity index (χ1v) is 4.75. The Bertz CT molecular complexity index is 480. The fraction of sp³-hybridized carbons (Fsp3) is 0.0909. The summed E-state index contributed by atoms with van der Waals surface area (Å²) >= 11 is 0. The lowest BCUT2D eigenvalue weighted by molar-refractivity contribution is 0.251. The second-order valence-corrected chi connectivity index (χ2v) is 3.08. The summed E-state index contributed by atoms with van der Waals surface area (Å²) in [7, 11) is 1.55. The lowest BCUT2D eigenvalue weighted by Crippen LogP contribution is -2.20. The molecule has 0 atom stereocenters. The number of carbonyl (C=O) groups excluding carboxylic acids is 1. The Morgan fingerprint density at radius 1 is 1.38 bits per heavy atom. The number of carbonyl (C=O) groups is 1. The summed E-state index contributed by atoms with van der Waals surface area (Å²) in [5.74, 6) is 0.614. The van der Waals surface area contributed by atoms with Gasteiger partial charge < -0.3 is 10.1 Å². The molecule has 0 radical (unpaired) electrons. The molecule has 0 fully saturated rings. The average Bonchev–Trinajstić information content (AvgIpc) is 2.83. The first-order chi connectivity index (χ1) is 7.81. The molecular formula is C11H11N3O2. The first-order valence-electron chi connectivity index (χ1n) is 4.75. The molecule has 0 aliphatic carbocycles. The van der Waals surface area contributed by atoms with Crippen molar-refractivity contribution in [3.05, 3.63) is 42.7 Å². The van der Waals surface area contributed by atoms with Gasteiger partial charge in [0.15, 0.2) is 0 Å². The van der Waals surface area contributed by atoms with Gasteiger partial charge in [0, 0.05) is 12.4 Å². The second-order valence-electron chi connectivity index (χ2n) is 3.08. The number of hydrogen-bond donors (Lipinski definition) is 1. The van der Waals surface area contributed by atoms with Crippen LogP contribution in [0.4, 0.5) is 10.5 Å². The molecule has 0 bridgehead atoms. The monoisotopic (exact) mass is 217 g/mol. The largest absolute Gasteiger partial charge is 0.495 e. The van der Waals surface area contributed by atoms with Crippen LogP contribution in [0, 0.1) is 0 Å². The Kier molecular flexibility index (Phi) is 2.86. The molecule has 5 nitrogen and oxygen atoms in total. The summed E-state index contributed by atoms with van der Waals surface area (Å²) in [5, 5.41) is 6.53. The van der Waals surface area contributed by atoms with Crippen molar-refractivity contribution in [3.63, 3.8) is 0 Å². The maximum Gasteiger partial charge on any atom is 0.346 e. The van der Waals surface area contributed by atoms with E-state index in [4.69, 9.17) is 4.74 Å². The molecule has 0 aliphatic rings. The molecule has 1 aromatic heterocycles. The Hall–Kier alpha value is -2.30. The van der Waals surface area contributed by atoms with Crippen LogP contribution in [0.3, 0.4) is 0 Å². The minimum Gasteiger partial charge on any atom is -0.495 e. The Balaban J connectivity index is 2.18. The molecule has 2 aromatic rings. The molecule has 1 N–H and O–H groups in total. The summed E-state index contributed by atoms with van der Waals surface area (Å²) in [6.45, 7) is 0. The predicted molar refractivity (Wildman–Crippen MR) is 59.6 cm³/mol. The lowest BCUT2D eigenvalue weighted by atomic mass is 10.3. The van der Waals surface area contributed by atoms with Crippen LogP contribution < -0.4 is 10.1 Å². The number of anilines is 1. The molecular weight excluding hydrogens is 206 g/mol. The average molecular weight is 217 g/mol. The SMILES string of the molecule is COc1ccccc1NC(=O)n1cccn1. The Morgan fingerprint density at radius 3 is 2.88 bits per heavy atom. The van der Waals surface area contributed by atoms with Crippen LogP contribution in [0.15, 0.2) is 42.7 Å². The van der Waals surface area contributed by atoms with Crippen molar-refractivity contribution in [3.8, 4) is 5.75 Å². The zero-order valence-corrected chi connectivity index (χ0v) is 8.75.